The molecule has 1 aromatic carbocycles. The molecule has 160 valence electrons. The molecule has 0 aliphatic carbocycles. The minimum absolute atomic E-state index is 0.148. The quantitative estimate of drug-likeness (QED) is 0.496. The van der Waals surface area contributed by atoms with Crippen LogP contribution in [0.4, 0.5) is 0 Å². The number of hydrogen-bond donors (Lipinski definition) is 2. The Morgan fingerprint density at radius 2 is 1.90 bits per heavy atom. The van der Waals surface area contributed by atoms with Gasteiger partial charge < -0.3 is 10.4 Å². The number of nitrogens with zero attached hydrogens (tertiary/aromatic N) is 4. The number of pyridine rings is 1. The summed E-state index contributed by atoms with van der Waals surface area (Å²) in [5.41, 5.74) is 4.46. The maximum Gasteiger partial charge on any atom is 0.251 e. The van der Waals surface area contributed by atoms with Crippen molar-refractivity contribution >= 4 is 23.2 Å². The molecule has 0 saturated carbocycles. The Balaban J connectivity index is 1.76. The summed E-state index contributed by atoms with van der Waals surface area (Å²) >= 11 is 6.70. The van der Waals surface area contributed by atoms with Crippen LogP contribution in [0.25, 0.3) is 28.0 Å². The van der Waals surface area contributed by atoms with Gasteiger partial charge in [0.05, 0.1) is 11.3 Å². The van der Waals surface area contributed by atoms with Crippen LogP contribution in [0, 0.1) is 6.92 Å². The number of rotatable bonds is 5. The highest BCUT2D eigenvalue weighted by molar-refractivity contribution is 6.32. The van der Waals surface area contributed by atoms with Gasteiger partial charge in [0.1, 0.15) is 16.5 Å². The average Bonchev–Trinajstić information content (AvgIpc) is 3.23. The van der Waals surface area contributed by atoms with E-state index in [9.17, 15) is 9.90 Å². The van der Waals surface area contributed by atoms with E-state index < -0.39 is 5.60 Å². The molecule has 0 fully saturated rings. The minimum Gasteiger partial charge on any atom is -0.389 e. The molecule has 0 saturated heterocycles. The van der Waals surface area contributed by atoms with E-state index in [1.807, 2.05) is 44.4 Å². The van der Waals surface area contributed by atoms with Crippen LogP contribution in [0.5, 0.6) is 0 Å². The van der Waals surface area contributed by atoms with Gasteiger partial charge in [-0.25, -0.2) is 4.98 Å². The Labute approximate surface area is 185 Å². The van der Waals surface area contributed by atoms with Gasteiger partial charge in [-0.15, -0.1) is 0 Å². The third kappa shape index (κ3) is 4.19. The Kier molecular flexibility index (Phi) is 5.33. The first-order valence-electron chi connectivity index (χ1n) is 9.92. The lowest BCUT2D eigenvalue weighted by molar-refractivity contribution is 0.0694. The number of imidazole rings is 1. The Bertz CT molecular complexity index is 1280. The zero-order valence-electron chi connectivity index (χ0n) is 17.8. The van der Waals surface area contributed by atoms with Crippen LogP contribution in [-0.2, 0) is 7.05 Å². The Hall–Kier alpha value is -3.16. The van der Waals surface area contributed by atoms with E-state index in [2.05, 4.69) is 10.4 Å². The molecule has 4 aromatic rings. The molecule has 3 aromatic heterocycles. The summed E-state index contributed by atoms with van der Waals surface area (Å²) < 4.78 is 3.53. The second-order valence-corrected chi connectivity index (χ2v) is 8.60. The zero-order chi connectivity index (χ0) is 22.3. The van der Waals surface area contributed by atoms with Crippen LogP contribution in [0.3, 0.4) is 0 Å². The monoisotopic (exact) mass is 437 g/mol. The van der Waals surface area contributed by atoms with Gasteiger partial charge in [-0.2, -0.15) is 5.10 Å². The summed E-state index contributed by atoms with van der Waals surface area (Å²) in [6.45, 7) is 5.39. The van der Waals surface area contributed by atoms with Crippen molar-refractivity contribution < 1.29 is 9.90 Å². The fourth-order valence-corrected chi connectivity index (χ4v) is 3.80. The zero-order valence-corrected chi connectivity index (χ0v) is 18.6. The third-order valence-electron chi connectivity index (χ3n) is 5.00. The SMILES string of the molecule is Cc1nn(C)cc1-c1ccccc1-c1nc2cc(C(=O)NCC(C)(C)O)ccn2c1Cl. The molecule has 31 heavy (non-hydrogen) atoms. The number of nitrogens with one attached hydrogen (secondary N) is 1. The minimum atomic E-state index is -0.988. The normalized spacial score (nSPS) is 11.8. The van der Waals surface area contributed by atoms with Crippen LogP contribution in [0.2, 0.25) is 5.15 Å². The van der Waals surface area contributed by atoms with Crippen molar-refractivity contribution in [1.29, 1.82) is 0 Å². The van der Waals surface area contributed by atoms with Gasteiger partial charge in [-0.1, -0.05) is 35.9 Å². The van der Waals surface area contributed by atoms with E-state index in [1.54, 1.807) is 41.3 Å². The first kappa shape index (κ1) is 21.1. The summed E-state index contributed by atoms with van der Waals surface area (Å²) in [5, 5.41) is 17.5. The summed E-state index contributed by atoms with van der Waals surface area (Å²) in [7, 11) is 1.89. The highest BCUT2D eigenvalue weighted by atomic mass is 35.5. The van der Waals surface area contributed by atoms with Gasteiger partial charge in [0.2, 0.25) is 0 Å². The van der Waals surface area contributed by atoms with Gasteiger partial charge in [-0.05, 0) is 38.5 Å². The van der Waals surface area contributed by atoms with E-state index in [0.717, 1.165) is 22.4 Å². The molecule has 7 nitrogen and oxygen atoms in total. The van der Waals surface area contributed by atoms with Crippen molar-refractivity contribution in [3.8, 4) is 22.4 Å². The molecule has 0 aliphatic rings. The summed E-state index contributed by atoms with van der Waals surface area (Å²) in [6, 6.07) is 11.3. The number of fused-ring (bicyclic) bond motifs is 1. The second kappa shape index (κ2) is 7.83. The molecule has 0 unspecified atom stereocenters. The van der Waals surface area contributed by atoms with Crippen LogP contribution >= 0.6 is 11.6 Å². The lowest BCUT2D eigenvalue weighted by Gasteiger charge is -2.17. The number of hydrogen-bond acceptors (Lipinski definition) is 4. The predicted octanol–water partition coefficient (Wildman–Crippen LogP) is 3.86. The summed E-state index contributed by atoms with van der Waals surface area (Å²) in [6.07, 6.45) is 3.70. The highest BCUT2D eigenvalue weighted by Gasteiger charge is 2.20. The Morgan fingerprint density at radius 1 is 1.19 bits per heavy atom. The number of amides is 1. The molecule has 0 radical (unpaired) electrons. The van der Waals surface area contributed by atoms with Crippen molar-refractivity contribution in [2.24, 2.45) is 7.05 Å². The maximum atomic E-state index is 12.5. The number of aryl methyl sites for hydroxylation is 2. The summed E-state index contributed by atoms with van der Waals surface area (Å²) in [5.74, 6) is -0.281. The van der Waals surface area contributed by atoms with E-state index in [0.29, 0.717) is 22.1 Å². The molecule has 1 amide bonds. The largest absolute Gasteiger partial charge is 0.389 e. The number of carbonyl (C=O) groups excluding carboxylic acids is 1. The lowest BCUT2D eigenvalue weighted by Crippen LogP contribution is -2.38. The van der Waals surface area contributed by atoms with E-state index >= 15 is 0 Å². The predicted molar refractivity (Wildman–Crippen MR) is 121 cm³/mol. The lowest BCUT2D eigenvalue weighted by atomic mass is 9.99. The molecule has 0 atom stereocenters. The summed E-state index contributed by atoms with van der Waals surface area (Å²) in [4.78, 5) is 17.2. The number of aromatic nitrogens is 4. The van der Waals surface area contributed by atoms with E-state index in [4.69, 9.17) is 16.6 Å². The van der Waals surface area contributed by atoms with Crippen molar-refractivity contribution in [3.63, 3.8) is 0 Å². The first-order chi connectivity index (χ1) is 14.6. The fraction of sp³-hybridized carbons (Fsp3) is 0.261. The molecular weight excluding hydrogens is 414 g/mol. The van der Waals surface area contributed by atoms with Crippen molar-refractivity contribution in [2.75, 3.05) is 6.54 Å². The van der Waals surface area contributed by atoms with Gasteiger partial charge in [0.15, 0.2) is 0 Å². The van der Waals surface area contributed by atoms with Crippen LogP contribution in [0.1, 0.15) is 29.9 Å². The highest BCUT2D eigenvalue weighted by Crippen LogP contribution is 2.36. The van der Waals surface area contributed by atoms with E-state index in [1.165, 1.54) is 0 Å². The van der Waals surface area contributed by atoms with Gasteiger partial charge >= 0.3 is 0 Å². The van der Waals surface area contributed by atoms with Crippen molar-refractivity contribution in [2.45, 2.75) is 26.4 Å². The van der Waals surface area contributed by atoms with Crippen LogP contribution in [-0.4, -0.2) is 42.3 Å². The van der Waals surface area contributed by atoms with Gasteiger partial charge in [0, 0.05) is 42.7 Å². The molecule has 8 heteroatoms. The first-order valence-corrected chi connectivity index (χ1v) is 10.3. The smallest absolute Gasteiger partial charge is 0.251 e. The molecule has 2 N–H and O–H groups in total. The molecular formula is C23H24ClN5O2. The van der Waals surface area contributed by atoms with Gasteiger partial charge in [-0.3, -0.25) is 13.9 Å². The molecule has 0 spiro atoms. The third-order valence-corrected chi connectivity index (χ3v) is 5.36. The van der Waals surface area contributed by atoms with Crippen LogP contribution in [0.15, 0.2) is 48.8 Å². The van der Waals surface area contributed by atoms with Crippen molar-refractivity contribution in [1.82, 2.24) is 24.5 Å². The average molecular weight is 438 g/mol. The second-order valence-electron chi connectivity index (χ2n) is 8.24. The molecule has 3 heterocycles. The van der Waals surface area contributed by atoms with Crippen LogP contribution < -0.4 is 5.32 Å². The molecule has 4 rings (SSSR count). The number of benzene rings is 1. The standard InChI is InChI=1S/C23H24ClN5O2/c1-14-18(12-28(4)27-14)16-7-5-6-8-17(16)20-21(24)29-10-9-15(11-19(29)26-20)22(30)25-13-23(2,3)31/h5-12,31H,13H2,1-4H3,(H,25,30). The fourth-order valence-electron chi connectivity index (χ4n) is 3.51. The molecule has 0 bridgehead atoms. The number of carbonyl (C=O) groups is 1. The number of halogens is 1. The maximum absolute atomic E-state index is 12.5. The van der Waals surface area contributed by atoms with E-state index in [-0.39, 0.29) is 12.5 Å². The molecule has 0 aliphatic heterocycles. The number of aliphatic hydroxyl groups is 1. The topological polar surface area (TPSA) is 84.5 Å². The van der Waals surface area contributed by atoms with Gasteiger partial charge in [0.25, 0.3) is 5.91 Å². The van der Waals surface area contributed by atoms with Crippen molar-refractivity contribution in [3.05, 3.63) is 65.2 Å². The Morgan fingerprint density at radius 3 is 2.55 bits per heavy atom.